The predicted octanol–water partition coefficient (Wildman–Crippen LogP) is 3.84. The second-order valence-corrected chi connectivity index (χ2v) is 4.66. The molecule has 23 heavy (non-hydrogen) atoms. The zero-order valence-corrected chi connectivity index (χ0v) is 12.2. The van der Waals surface area contributed by atoms with Crippen LogP contribution in [0.3, 0.4) is 0 Å². The lowest BCUT2D eigenvalue weighted by Gasteiger charge is -2.05. The number of amides is 1. The lowest BCUT2D eigenvalue weighted by molar-refractivity contribution is 0.0927. The van der Waals surface area contributed by atoms with Gasteiger partial charge in [-0.3, -0.25) is 4.79 Å². The molecular weight excluding hydrogens is 292 g/mol. The summed E-state index contributed by atoms with van der Waals surface area (Å²) in [6, 6.07) is 20.1. The summed E-state index contributed by atoms with van der Waals surface area (Å²) < 4.78 is 10.7. The van der Waals surface area contributed by atoms with Crippen LogP contribution in [0.1, 0.15) is 16.1 Å². The maximum Gasteiger partial charge on any atom is 0.307 e. The van der Waals surface area contributed by atoms with Gasteiger partial charge in [0.2, 0.25) is 0 Å². The summed E-state index contributed by atoms with van der Waals surface area (Å²) in [5, 5.41) is 3.91. The second kappa shape index (κ2) is 7.09. The summed E-state index contributed by atoms with van der Waals surface area (Å²) in [4.78, 5) is 11.7. The van der Waals surface area contributed by atoms with E-state index in [4.69, 9.17) is 9.15 Å². The molecule has 0 atom stereocenters. The first-order chi connectivity index (χ1) is 11.3. The molecule has 114 valence electrons. The number of nitrogens with one attached hydrogen (secondary N) is 1. The monoisotopic (exact) mass is 306 g/mol. The molecule has 3 rings (SSSR count). The van der Waals surface area contributed by atoms with Crippen molar-refractivity contribution in [3.05, 3.63) is 84.3 Å². The van der Waals surface area contributed by atoms with Crippen molar-refractivity contribution in [3.63, 3.8) is 0 Å². The molecular formula is C18H14N2O3. The predicted molar refractivity (Wildman–Crippen MR) is 86.7 cm³/mol. The summed E-state index contributed by atoms with van der Waals surface area (Å²) in [5.41, 5.74) is 3.20. The molecule has 0 saturated carbocycles. The fraction of sp³-hybridized carbons (Fsp3) is 0. The normalized spacial score (nSPS) is 10.6. The van der Waals surface area contributed by atoms with Crippen LogP contribution in [-0.4, -0.2) is 12.1 Å². The van der Waals surface area contributed by atoms with Crippen LogP contribution in [0.2, 0.25) is 0 Å². The van der Waals surface area contributed by atoms with E-state index < -0.39 is 5.91 Å². The Morgan fingerprint density at radius 2 is 1.83 bits per heavy atom. The smallest absolute Gasteiger partial charge is 0.307 e. The highest BCUT2D eigenvalue weighted by molar-refractivity contribution is 5.92. The first-order valence-corrected chi connectivity index (χ1v) is 7.01. The minimum Gasteiger partial charge on any atom is -0.459 e. The lowest BCUT2D eigenvalue weighted by Crippen LogP contribution is -2.16. The Labute approximate surface area is 133 Å². The highest BCUT2D eigenvalue weighted by Crippen LogP contribution is 2.21. The molecule has 1 amide bonds. The van der Waals surface area contributed by atoms with Gasteiger partial charge in [0.25, 0.3) is 0 Å². The van der Waals surface area contributed by atoms with Gasteiger partial charge in [-0.2, -0.15) is 5.10 Å². The lowest BCUT2D eigenvalue weighted by atomic mass is 10.2. The van der Waals surface area contributed by atoms with Crippen LogP contribution >= 0.6 is 0 Å². The van der Waals surface area contributed by atoms with E-state index in [1.54, 1.807) is 18.3 Å². The highest BCUT2D eigenvalue weighted by atomic mass is 16.5. The number of rotatable bonds is 5. The van der Waals surface area contributed by atoms with Gasteiger partial charge < -0.3 is 9.15 Å². The van der Waals surface area contributed by atoms with E-state index in [0.717, 1.165) is 11.3 Å². The molecule has 0 unspecified atom stereocenters. The minimum atomic E-state index is -0.400. The van der Waals surface area contributed by atoms with Crippen LogP contribution in [0.4, 0.5) is 0 Å². The van der Waals surface area contributed by atoms with Crippen molar-refractivity contribution in [2.24, 2.45) is 5.10 Å². The molecule has 0 aliphatic carbocycles. The van der Waals surface area contributed by atoms with Crippen molar-refractivity contribution in [2.75, 3.05) is 0 Å². The molecule has 0 saturated heterocycles. The van der Waals surface area contributed by atoms with Crippen LogP contribution in [0, 0.1) is 0 Å². The molecule has 5 nitrogen and oxygen atoms in total. The van der Waals surface area contributed by atoms with Gasteiger partial charge in [-0.25, -0.2) is 5.43 Å². The van der Waals surface area contributed by atoms with Gasteiger partial charge >= 0.3 is 5.91 Å². The molecule has 3 aromatic rings. The minimum absolute atomic E-state index is 0.211. The molecule has 5 heteroatoms. The van der Waals surface area contributed by atoms with Gasteiger partial charge in [0, 0.05) is 0 Å². The van der Waals surface area contributed by atoms with Crippen LogP contribution in [-0.2, 0) is 0 Å². The highest BCUT2D eigenvalue weighted by Gasteiger charge is 2.05. The van der Waals surface area contributed by atoms with E-state index in [1.165, 1.54) is 6.26 Å². The summed E-state index contributed by atoms with van der Waals surface area (Å²) in [7, 11) is 0. The summed E-state index contributed by atoms with van der Waals surface area (Å²) in [6.45, 7) is 0. The van der Waals surface area contributed by atoms with Crippen molar-refractivity contribution in [1.29, 1.82) is 0 Å². The van der Waals surface area contributed by atoms with Crippen molar-refractivity contribution in [1.82, 2.24) is 5.43 Å². The second-order valence-electron chi connectivity index (χ2n) is 4.66. The van der Waals surface area contributed by atoms with E-state index in [1.807, 2.05) is 54.6 Å². The molecule has 2 aromatic carbocycles. The van der Waals surface area contributed by atoms with Gasteiger partial charge in [0.15, 0.2) is 5.76 Å². The average molecular weight is 306 g/mol. The van der Waals surface area contributed by atoms with E-state index >= 15 is 0 Å². The fourth-order valence-electron chi connectivity index (χ4n) is 1.91. The molecule has 0 bridgehead atoms. The van der Waals surface area contributed by atoms with Gasteiger partial charge in [-0.1, -0.05) is 30.3 Å². The quantitative estimate of drug-likeness (QED) is 0.575. The number of hydrogen-bond acceptors (Lipinski definition) is 4. The first-order valence-electron chi connectivity index (χ1n) is 7.01. The maximum absolute atomic E-state index is 11.7. The average Bonchev–Trinajstić information content (AvgIpc) is 3.11. The Morgan fingerprint density at radius 1 is 1.00 bits per heavy atom. The molecule has 1 aromatic heterocycles. The van der Waals surface area contributed by atoms with Crippen LogP contribution < -0.4 is 10.2 Å². The third kappa shape index (κ3) is 4.07. The SMILES string of the molecule is O=C(N/N=C\c1cccc(Oc2ccccc2)c1)c1ccco1. The van der Waals surface area contributed by atoms with Crippen LogP contribution in [0.25, 0.3) is 0 Å². The summed E-state index contributed by atoms with van der Waals surface area (Å²) >= 11 is 0. The van der Waals surface area contributed by atoms with Crippen molar-refractivity contribution in [3.8, 4) is 11.5 Å². The number of carbonyl (C=O) groups is 1. The third-order valence-electron chi connectivity index (χ3n) is 2.96. The van der Waals surface area contributed by atoms with Crippen LogP contribution in [0.15, 0.2) is 82.5 Å². The van der Waals surface area contributed by atoms with Crippen molar-refractivity contribution in [2.45, 2.75) is 0 Å². The number of benzene rings is 2. The van der Waals surface area contributed by atoms with E-state index in [-0.39, 0.29) is 5.76 Å². The molecule has 0 radical (unpaired) electrons. The number of furan rings is 1. The number of carbonyl (C=O) groups excluding carboxylic acids is 1. The first kappa shape index (κ1) is 14.6. The van der Waals surface area contributed by atoms with Gasteiger partial charge in [0.05, 0.1) is 12.5 Å². The van der Waals surface area contributed by atoms with Gasteiger partial charge in [-0.15, -0.1) is 0 Å². The molecule has 0 spiro atoms. The zero-order chi connectivity index (χ0) is 15.9. The van der Waals surface area contributed by atoms with E-state index in [2.05, 4.69) is 10.5 Å². The summed E-state index contributed by atoms with van der Waals surface area (Å²) in [6.07, 6.45) is 2.97. The molecule has 0 fully saturated rings. The number of nitrogens with zero attached hydrogens (tertiary/aromatic N) is 1. The molecule has 0 aliphatic rings. The van der Waals surface area contributed by atoms with Crippen LogP contribution in [0.5, 0.6) is 11.5 Å². The maximum atomic E-state index is 11.7. The number of para-hydroxylation sites is 1. The number of ether oxygens (including phenoxy) is 1. The Hall–Kier alpha value is -3.34. The van der Waals surface area contributed by atoms with Crippen molar-refractivity contribution < 1.29 is 13.9 Å². The molecule has 0 aliphatic heterocycles. The van der Waals surface area contributed by atoms with E-state index in [9.17, 15) is 4.79 Å². The Bertz CT molecular complexity index is 796. The molecule has 1 heterocycles. The fourth-order valence-corrected chi connectivity index (χ4v) is 1.91. The topological polar surface area (TPSA) is 63.8 Å². The van der Waals surface area contributed by atoms with Gasteiger partial charge in [0.1, 0.15) is 11.5 Å². The molecule has 1 N–H and O–H groups in total. The third-order valence-corrected chi connectivity index (χ3v) is 2.96. The van der Waals surface area contributed by atoms with E-state index in [0.29, 0.717) is 5.75 Å². The van der Waals surface area contributed by atoms with Gasteiger partial charge in [-0.05, 0) is 42.0 Å². The largest absolute Gasteiger partial charge is 0.459 e. The Morgan fingerprint density at radius 3 is 2.61 bits per heavy atom. The van der Waals surface area contributed by atoms with Crippen molar-refractivity contribution >= 4 is 12.1 Å². The summed E-state index contributed by atoms with van der Waals surface area (Å²) in [5.74, 6) is 1.26. The number of hydrogen-bond donors (Lipinski definition) is 1. The number of hydrazone groups is 1. The Balaban J connectivity index is 1.63. The zero-order valence-electron chi connectivity index (χ0n) is 12.2. The Kier molecular flexibility index (Phi) is 4.49. The standard InChI is InChI=1S/C18H14N2O3/c21-18(17-10-5-11-22-17)20-19-13-14-6-4-9-16(12-14)23-15-7-2-1-3-8-15/h1-13H,(H,20,21)/b19-13-.